The molecule has 0 unspecified atom stereocenters. The van der Waals surface area contributed by atoms with Crippen LogP contribution in [0.25, 0.3) is 0 Å². The van der Waals surface area contributed by atoms with E-state index >= 15 is 0 Å². The molecule has 0 radical (unpaired) electrons. The molecule has 4 rings (SSSR count). The maximum Gasteiger partial charge on any atom is 0.303 e. The van der Waals surface area contributed by atoms with Crippen molar-refractivity contribution in [3.63, 3.8) is 0 Å². The van der Waals surface area contributed by atoms with Gasteiger partial charge in [0, 0.05) is 12.8 Å². The molecule has 8 atom stereocenters. The topological polar surface area (TPSA) is 63.6 Å². The summed E-state index contributed by atoms with van der Waals surface area (Å²) in [4.78, 5) is 24.2. The number of hydrogen-bond donors (Lipinski definition) is 1. The summed E-state index contributed by atoms with van der Waals surface area (Å²) in [5.74, 6) is 1.97. The minimum atomic E-state index is -0.373. The van der Waals surface area contributed by atoms with Gasteiger partial charge in [-0.3, -0.25) is 9.59 Å². The number of fused-ring (bicyclic) bond motifs is 5. The second-order valence-electron chi connectivity index (χ2n) is 10.6. The van der Waals surface area contributed by atoms with Gasteiger partial charge in [0.15, 0.2) is 5.78 Å². The van der Waals surface area contributed by atoms with E-state index in [1.165, 1.54) is 18.9 Å². The molecule has 156 valence electrons. The van der Waals surface area contributed by atoms with E-state index in [-0.39, 0.29) is 41.2 Å². The summed E-state index contributed by atoms with van der Waals surface area (Å²) in [5, 5.41) is 10.2. The van der Waals surface area contributed by atoms with Gasteiger partial charge < -0.3 is 9.84 Å². The molecule has 0 aromatic rings. The lowest BCUT2D eigenvalue weighted by molar-refractivity contribution is -0.149. The Bertz CT molecular complexity index is 697. The first-order valence-corrected chi connectivity index (χ1v) is 11.2. The average Bonchev–Trinajstić information content (AvgIpc) is 2.90. The Kier molecular flexibility index (Phi) is 5.01. The first-order valence-electron chi connectivity index (χ1n) is 11.2. The van der Waals surface area contributed by atoms with Gasteiger partial charge in [0.1, 0.15) is 6.61 Å². The first-order chi connectivity index (χ1) is 13.2. The molecule has 4 aliphatic rings. The van der Waals surface area contributed by atoms with Gasteiger partial charge in [0.2, 0.25) is 0 Å². The van der Waals surface area contributed by atoms with E-state index in [9.17, 15) is 14.7 Å². The molecule has 3 fully saturated rings. The number of hydrogen-bond acceptors (Lipinski definition) is 4. The average molecular weight is 389 g/mol. The van der Waals surface area contributed by atoms with Crippen LogP contribution >= 0.6 is 0 Å². The standard InChI is InChI=1S/C24H36O4/c1-14-11-20-18-6-5-16-12-17(26)7-9-23(16,3)19(18)8-10-24(20,4)22(14)21(27)13-28-15(2)25/h5,14,17-20,22,26H,6-13H2,1-4H3/t14-,17-,18+,19-,20-,22+,23-,24-/m0/s1. The number of carbonyl (C=O) groups is 2. The van der Waals surface area contributed by atoms with E-state index in [2.05, 4.69) is 26.8 Å². The van der Waals surface area contributed by atoms with Gasteiger partial charge in [0.25, 0.3) is 0 Å². The zero-order valence-electron chi connectivity index (χ0n) is 17.9. The van der Waals surface area contributed by atoms with Crippen molar-refractivity contribution < 1.29 is 19.4 Å². The van der Waals surface area contributed by atoms with Gasteiger partial charge in [-0.25, -0.2) is 0 Å². The summed E-state index contributed by atoms with van der Waals surface area (Å²) in [6, 6.07) is 0. The molecule has 0 aliphatic heterocycles. The van der Waals surface area contributed by atoms with Crippen LogP contribution in [-0.2, 0) is 14.3 Å². The molecule has 0 aromatic heterocycles. The molecule has 0 aromatic carbocycles. The third kappa shape index (κ3) is 2.98. The molecule has 0 heterocycles. The zero-order chi connectivity index (χ0) is 20.3. The molecule has 4 nitrogen and oxygen atoms in total. The Morgan fingerprint density at radius 1 is 1.21 bits per heavy atom. The molecule has 4 aliphatic carbocycles. The number of carbonyl (C=O) groups excluding carboxylic acids is 2. The molecular formula is C24H36O4. The fourth-order valence-electron chi connectivity index (χ4n) is 7.95. The number of aliphatic hydroxyl groups excluding tert-OH is 1. The molecule has 28 heavy (non-hydrogen) atoms. The van der Waals surface area contributed by atoms with Gasteiger partial charge in [-0.2, -0.15) is 0 Å². The minimum Gasteiger partial charge on any atom is -0.458 e. The van der Waals surface area contributed by atoms with Gasteiger partial charge in [-0.15, -0.1) is 0 Å². The van der Waals surface area contributed by atoms with Crippen molar-refractivity contribution in [3.8, 4) is 0 Å². The maximum atomic E-state index is 13.0. The second-order valence-corrected chi connectivity index (χ2v) is 10.6. The molecule has 1 N–H and O–H groups in total. The second kappa shape index (κ2) is 6.97. The predicted octanol–water partition coefficient (Wildman–Crippen LogP) is 4.30. The van der Waals surface area contributed by atoms with Crippen LogP contribution < -0.4 is 0 Å². The van der Waals surface area contributed by atoms with Crippen LogP contribution in [0.5, 0.6) is 0 Å². The van der Waals surface area contributed by atoms with Crippen LogP contribution in [0.15, 0.2) is 11.6 Å². The van der Waals surface area contributed by atoms with Crippen molar-refractivity contribution >= 4 is 11.8 Å². The molecule has 0 bridgehead atoms. The van der Waals surface area contributed by atoms with Crippen molar-refractivity contribution in [1.29, 1.82) is 0 Å². The number of ether oxygens (including phenoxy) is 1. The summed E-state index contributed by atoms with van der Waals surface area (Å²) < 4.78 is 5.07. The van der Waals surface area contributed by atoms with Gasteiger partial charge in [-0.05, 0) is 79.4 Å². The Hall–Kier alpha value is -1.16. The van der Waals surface area contributed by atoms with E-state index < -0.39 is 0 Å². The van der Waals surface area contributed by atoms with Gasteiger partial charge in [-0.1, -0.05) is 32.4 Å². The monoisotopic (exact) mass is 388 g/mol. The van der Waals surface area contributed by atoms with Crippen LogP contribution in [0.1, 0.15) is 72.6 Å². The first kappa shape index (κ1) is 20.1. The van der Waals surface area contributed by atoms with Crippen molar-refractivity contribution in [2.45, 2.75) is 78.7 Å². The summed E-state index contributed by atoms with van der Waals surface area (Å²) in [5.41, 5.74) is 1.74. The highest BCUT2D eigenvalue weighted by molar-refractivity contribution is 5.85. The van der Waals surface area contributed by atoms with E-state index in [1.54, 1.807) is 0 Å². The molecule has 0 amide bonds. The number of rotatable bonds is 3. The Morgan fingerprint density at radius 3 is 2.68 bits per heavy atom. The normalized spacial score (nSPS) is 47.4. The highest BCUT2D eigenvalue weighted by Crippen LogP contribution is 2.67. The van der Waals surface area contributed by atoms with Crippen LogP contribution in [0, 0.1) is 40.4 Å². The van der Waals surface area contributed by atoms with Crippen LogP contribution in [0.3, 0.4) is 0 Å². The Balaban J connectivity index is 1.59. The lowest BCUT2D eigenvalue weighted by Gasteiger charge is -2.57. The molecule has 4 heteroatoms. The fourth-order valence-corrected chi connectivity index (χ4v) is 7.95. The number of aliphatic hydroxyl groups is 1. The lowest BCUT2D eigenvalue weighted by Crippen LogP contribution is -2.51. The highest BCUT2D eigenvalue weighted by atomic mass is 16.5. The lowest BCUT2D eigenvalue weighted by atomic mass is 9.47. The van der Waals surface area contributed by atoms with Crippen molar-refractivity contribution in [1.82, 2.24) is 0 Å². The summed E-state index contributed by atoms with van der Waals surface area (Å²) in [6.07, 6.45) is 9.59. The van der Waals surface area contributed by atoms with Crippen molar-refractivity contribution in [2.24, 2.45) is 40.4 Å². The van der Waals surface area contributed by atoms with E-state index in [4.69, 9.17) is 4.74 Å². The largest absolute Gasteiger partial charge is 0.458 e. The van der Waals surface area contributed by atoms with Crippen LogP contribution in [0.2, 0.25) is 0 Å². The maximum absolute atomic E-state index is 13.0. The predicted molar refractivity (Wildman–Crippen MR) is 107 cm³/mol. The summed E-state index contributed by atoms with van der Waals surface area (Å²) in [7, 11) is 0. The third-order valence-corrected chi connectivity index (χ3v) is 9.19. The molecule has 0 spiro atoms. The Labute approximate surface area is 169 Å². The number of esters is 1. The van der Waals surface area contributed by atoms with E-state index in [0.29, 0.717) is 23.7 Å². The van der Waals surface area contributed by atoms with Crippen LogP contribution in [0.4, 0.5) is 0 Å². The zero-order valence-corrected chi connectivity index (χ0v) is 17.9. The smallest absolute Gasteiger partial charge is 0.303 e. The number of Topliss-reactive ketones (excluding diaryl/α,β-unsaturated/α-hetero) is 1. The molecular weight excluding hydrogens is 352 g/mol. The summed E-state index contributed by atoms with van der Waals surface area (Å²) >= 11 is 0. The molecule has 0 saturated heterocycles. The van der Waals surface area contributed by atoms with Gasteiger partial charge in [0.05, 0.1) is 6.10 Å². The number of ketones is 1. The van der Waals surface area contributed by atoms with Crippen molar-refractivity contribution in [3.05, 3.63) is 11.6 Å². The third-order valence-electron chi connectivity index (χ3n) is 9.19. The number of allylic oxidation sites excluding steroid dienone is 1. The Morgan fingerprint density at radius 2 is 1.96 bits per heavy atom. The summed E-state index contributed by atoms with van der Waals surface area (Å²) in [6.45, 7) is 8.29. The highest BCUT2D eigenvalue weighted by Gasteiger charge is 2.61. The van der Waals surface area contributed by atoms with Crippen molar-refractivity contribution in [2.75, 3.05) is 6.61 Å². The van der Waals surface area contributed by atoms with E-state index in [0.717, 1.165) is 38.5 Å². The van der Waals surface area contributed by atoms with E-state index in [1.807, 2.05) is 0 Å². The SMILES string of the molecule is CC(=O)OCC(=O)[C@H]1[C@@H](C)C[C@H]2[C@@H]3CC=C4C[C@@H](O)CC[C@]4(C)[C@H]3CC[C@@]21C. The quantitative estimate of drug-likeness (QED) is 0.578. The van der Waals surface area contributed by atoms with Gasteiger partial charge >= 0.3 is 5.97 Å². The fraction of sp³-hybridized carbons (Fsp3) is 0.833. The van der Waals surface area contributed by atoms with Crippen LogP contribution in [-0.4, -0.2) is 29.6 Å². The molecule has 3 saturated carbocycles. The minimum absolute atomic E-state index is 0.00385.